The van der Waals surface area contributed by atoms with E-state index in [1.807, 2.05) is 79.7 Å². The van der Waals surface area contributed by atoms with Gasteiger partial charge in [0, 0.05) is 29.3 Å². The van der Waals surface area contributed by atoms with Crippen molar-refractivity contribution < 1.29 is 28.5 Å². The molecule has 7 nitrogen and oxygen atoms in total. The van der Waals surface area contributed by atoms with Crippen LogP contribution in [0.3, 0.4) is 0 Å². The predicted molar refractivity (Wildman–Crippen MR) is 168 cm³/mol. The van der Waals surface area contributed by atoms with Crippen molar-refractivity contribution in [2.75, 3.05) is 14.2 Å². The molecule has 3 aromatic rings. The van der Waals surface area contributed by atoms with E-state index in [0.29, 0.717) is 48.0 Å². The minimum absolute atomic E-state index is 0.00144. The van der Waals surface area contributed by atoms with Gasteiger partial charge in [-0.15, -0.1) is 0 Å². The molecule has 0 aromatic heterocycles. The SMILES string of the molecule is COc1ccc([C@H]2CC(=O)C3=C(C2)N=C(C)C(C(=O)OC2CCCC2)[C@H]3c2cccc(OCc3ccccc3)c2)cc1OC. The Hall–Kier alpha value is -4.39. The predicted octanol–water partition coefficient (Wildman–Crippen LogP) is 7.34. The number of benzene rings is 3. The van der Waals surface area contributed by atoms with E-state index in [9.17, 15) is 9.59 Å². The minimum atomic E-state index is -0.680. The summed E-state index contributed by atoms with van der Waals surface area (Å²) in [7, 11) is 3.21. The normalized spacial score (nSPS) is 21.8. The maximum atomic E-state index is 14.1. The fourth-order valence-electron chi connectivity index (χ4n) is 6.85. The largest absolute Gasteiger partial charge is 0.493 e. The number of Topliss-reactive ketones (excluding diaryl/α,β-unsaturated/α-hetero) is 1. The zero-order valence-electron chi connectivity index (χ0n) is 25.6. The summed E-state index contributed by atoms with van der Waals surface area (Å²) in [5.74, 6) is 0.393. The van der Waals surface area contributed by atoms with E-state index in [1.54, 1.807) is 14.2 Å². The highest BCUT2D eigenvalue weighted by molar-refractivity contribution is 6.09. The Morgan fingerprint density at radius 1 is 0.864 bits per heavy atom. The second kappa shape index (κ2) is 13.1. The van der Waals surface area contributed by atoms with E-state index < -0.39 is 11.8 Å². The van der Waals surface area contributed by atoms with Crippen LogP contribution in [0.25, 0.3) is 0 Å². The van der Waals surface area contributed by atoms with Gasteiger partial charge in [0.25, 0.3) is 0 Å². The van der Waals surface area contributed by atoms with Crippen molar-refractivity contribution in [2.45, 2.75) is 70.0 Å². The van der Waals surface area contributed by atoms with Crippen molar-refractivity contribution in [1.29, 1.82) is 0 Å². The Morgan fingerprint density at radius 2 is 1.64 bits per heavy atom. The fourth-order valence-corrected chi connectivity index (χ4v) is 6.85. The summed E-state index contributed by atoms with van der Waals surface area (Å²) in [5.41, 5.74) is 4.93. The number of rotatable bonds is 9. The topological polar surface area (TPSA) is 83.4 Å². The van der Waals surface area contributed by atoms with Crippen LogP contribution >= 0.6 is 0 Å². The van der Waals surface area contributed by atoms with E-state index in [0.717, 1.165) is 48.1 Å². The molecule has 1 fully saturated rings. The fraction of sp³-hybridized carbons (Fsp3) is 0.378. The number of ether oxygens (including phenoxy) is 4. The molecule has 0 bridgehead atoms. The summed E-state index contributed by atoms with van der Waals surface area (Å²) in [5, 5.41) is 0. The van der Waals surface area contributed by atoms with Crippen molar-refractivity contribution >= 4 is 17.5 Å². The lowest BCUT2D eigenvalue weighted by Gasteiger charge is -2.37. The molecule has 1 heterocycles. The molecule has 44 heavy (non-hydrogen) atoms. The number of methoxy groups -OCH3 is 2. The molecule has 0 spiro atoms. The van der Waals surface area contributed by atoms with Gasteiger partial charge in [0.15, 0.2) is 17.3 Å². The molecule has 1 saturated carbocycles. The molecule has 3 aromatic carbocycles. The van der Waals surface area contributed by atoms with Crippen molar-refractivity contribution in [3.8, 4) is 17.2 Å². The first-order valence-electron chi connectivity index (χ1n) is 15.5. The summed E-state index contributed by atoms with van der Waals surface area (Å²) < 4.78 is 23.2. The van der Waals surface area contributed by atoms with Crippen molar-refractivity contribution in [2.24, 2.45) is 10.9 Å². The van der Waals surface area contributed by atoms with E-state index in [4.69, 9.17) is 23.9 Å². The molecule has 1 unspecified atom stereocenters. The Kier molecular flexibility index (Phi) is 8.82. The van der Waals surface area contributed by atoms with Gasteiger partial charge in [-0.05, 0) is 85.9 Å². The summed E-state index contributed by atoms with van der Waals surface area (Å²) in [6, 6.07) is 23.6. The zero-order valence-corrected chi connectivity index (χ0v) is 25.6. The molecule has 6 rings (SSSR count). The van der Waals surface area contributed by atoms with Crippen LogP contribution < -0.4 is 14.2 Å². The molecule has 0 radical (unpaired) electrons. The van der Waals surface area contributed by atoms with Gasteiger partial charge < -0.3 is 18.9 Å². The van der Waals surface area contributed by atoms with Crippen LogP contribution in [-0.4, -0.2) is 37.8 Å². The van der Waals surface area contributed by atoms with Gasteiger partial charge in [-0.25, -0.2) is 0 Å². The summed E-state index contributed by atoms with van der Waals surface area (Å²) in [4.78, 5) is 32.9. The van der Waals surface area contributed by atoms with Gasteiger partial charge in [0.1, 0.15) is 24.4 Å². The van der Waals surface area contributed by atoms with Crippen molar-refractivity contribution in [3.05, 3.63) is 101 Å². The van der Waals surface area contributed by atoms with Crippen LogP contribution in [0.15, 0.2) is 89.1 Å². The maximum absolute atomic E-state index is 14.1. The van der Waals surface area contributed by atoms with Gasteiger partial charge in [-0.3, -0.25) is 14.6 Å². The van der Waals surface area contributed by atoms with Crippen LogP contribution in [0.5, 0.6) is 17.2 Å². The Balaban J connectivity index is 1.35. The van der Waals surface area contributed by atoms with Crippen LogP contribution in [0, 0.1) is 5.92 Å². The Bertz CT molecular complexity index is 1590. The molecule has 2 aliphatic carbocycles. The van der Waals surface area contributed by atoms with Gasteiger partial charge in [-0.2, -0.15) is 0 Å². The van der Waals surface area contributed by atoms with Crippen LogP contribution in [0.1, 0.15) is 74.0 Å². The number of esters is 1. The highest BCUT2D eigenvalue weighted by Gasteiger charge is 2.45. The molecular formula is C37H39NO6. The van der Waals surface area contributed by atoms with E-state index in [-0.39, 0.29) is 23.8 Å². The number of carbonyl (C=O) groups is 2. The number of carbonyl (C=O) groups excluding carboxylic acids is 2. The van der Waals surface area contributed by atoms with Crippen molar-refractivity contribution in [3.63, 3.8) is 0 Å². The number of hydrogen-bond acceptors (Lipinski definition) is 7. The number of hydrogen-bond donors (Lipinski definition) is 0. The number of allylic oxidation sites excluding steroid dienone is 2. The third kappa shape index (κ3) is 6.14. The zero-order chi connectivity index (χ0) is 30.6. The Labute approximate surface area is 258 Å². The monoisotopic (exact) mass is 593 g/mol. The number of nitrogens with zero attached hydrogens (tertiary/aromatic N) is 1. The highest BCUT2D eigenvalue weighted by Crippen LogP contribution is 2.48. The number of aliphatic imine (C=N–C) groups is 1. The van der Waals surface area contributed by atoms with Crippen LogP contribution in [0.2, 0.25) is 0 Å². The van der Waals surface area contributed by atoms with Gasteiger partial charge in [-0.1, -0.05) is 48.5 Å². The van der Waals surface area contributed by atoms with Crippen LogP contribution in [-0.2, 0) is 20.9 Å². The first-order valence-corrected chi connectivity index (χ1v) is 15.5. The quantitative estimate of drug-likeness (QED) is 0.241. The Morgan fingerprint density at radius 3 is 2.39 bits per heavy atom. The van der Waals surface area contributed by atoms with Gasteiger partial charge in [0.05, 0.1) is 14.2 Å². The molecule has 3 atom stereocenters. The molecule has 228 valence electrons. The molecule has 0 saturated heterocycles. The maximum Gasteiger partial charge on any atom is 0.315 e. The van der Waals surface area contributed by atoms with E-state index in [2.05, 4.69) is 0 Å². The standard InChI is InChI=1S/C37H39NO6/c1-23-34(37(40)44-28-13-7-8-14-28)35(26-12-9-15-29(18-26)43-22-24-10-5-4-6-11-24)36-30(38-23)19-27(20-31(36)39)25-16-17-32(41-2)33(21-25)42-3/h4-6,9-12,15-18,21,27-28,34-35H,7-8,13-14,19-20,22H2,1-3H3/t27-,34?,35-/m1/s1. The summed E-state index contributed by atoms with van der Waals surface area (Å²) in [6.07, 6.45) is 4.69. The van der Waals surface area contributed by atoms with E-state index >= 15 is 0 Å². The smallest absolute Gasteiger partial charge is 0.315 e. The summed E-state index contributed by atoms with van der Waals surface area (Å²) in [6.45, 7) is 2.31. The average molecular weight is 594 g/mol. The lowest BCUT2D eigenvalue weighted by atomic mass is 9.69. The third-order valence-corrected chi connectivity index (χ3v) is 9.07. The van der Waals surface area contributed by atoms with Gasteiger partial charge in [0.2, 0.25) is 0 Å². The lowest BCUT2D eigenvalue weighted by molar-refractivity contribution is -0.151. The summed E-state index contributed by atoms with van der Waals surface area (Å²) >= 11 is 0. The molecule has 0 N–H and O–H groups in total. The molecule has 0 amide bonds. The number of ketones is 1. The molecular weight excluding hydrogens is 554 g/mol. The van der Waals surface area contributed by atoms with Gasteiger partial charge >= 0.3 is 5.97 Å². The minimum Gasteiger partial charge on any atom is -0.493 e. The molecule has 7 heteroatoms. The molecule has 3 aliphatic rings. The average Bonchev–Trinajstić information content (AvgIpc) is 3.56. The van der Waals surface area contributed by atoms with Crippen LogP contribution in [0.4, 0.5) is 0 Å². The third-order valence-electron chi connectivity index (χ3n) is 9.07. The highest BCUT2D eigenvalue weighted by atomic mass is 16.5. The molecule has 1 aliphatic heterocycles. The lowest BCUT2D eigenvalue weighted by Crippen LogP contribution is -2.39. The second-order valence-corrected chi connectivity index (χ2v) is 11.9. The van der Waals surface area contributed by atoms with E-state index in [1.165, 1.54) is 0 Å². The first kappa shape index (κ1) is 29.7. The second-order valence-electron chi connectivity index (χ2n) is 11.9. The first-order chi connectivity index (χ1) is 21.4. The van der Waals surface area contributed by atoms with Crippen molar-refractivity contribution in [1.82, 2.24) is 0 Å².